The zero-order chi connectivity index (χ0) is 7.68. The van der Waals surface area contributed by atoms with Crippen LogP contribution in [0.2, 0.25) is 0 Å². The molecule has 0 saturated carbocycles. The monoisotopic (exact) mass is 147 g/mol. The fraction of sp³-hybridized carbons (Fsp3) is 0.400. The van der Waals surface area contributed by atoms with Crippen molar-refractivity contribution in [3.8, 4) is 0 Å². The summed E-state index contributed by atoms with van der Waals surface area (Å²) in [5, 5.41) is 0. The first-order valence-electron chi connectivity index (χ1n) is 4.24. The third kappa shape index (κ3) is 1.37. The Morgan fingerprint density at radius 1 is 1.18 bits per heavy atom. The summed E-state index contributed by atoms with van der Waals surface area (Å²) in [6.45, 7) is 4.67. The molecule has 0 amide bonds. The van der Waals surface area contributed by atoms with Gasteiger partial charge >= 0.3 is 0 Å². The Morgan fingerprint density at radius 2 is 1.82 bits per heavy atom. The molecule has 1 heteroatoms. The Morgan fingerprint density at radius 3 is 2.27 bits per heavy atom. The van der Waals surface area contributed by atoms with Crippen molar-refractivity contribution in [1.82, 2.24) is 0 Å². The molecule has 1 aromatic carbocycles. The van der Waals surface area contributed by atoms with Crippen molar-refractivity contribution in [2.75, 3.05) is 18.0 Å². The summed E-state index contributed by atoms with van der Waals surface area (Å²) in [5.41, 5.74) is 2.80. The summed E-state index contributed by atoms with van der Waals surface area (Å²) in [5.74, 6) is 0. The lowest BCUT2D eigenvalue weighted by Crippen LogP contribution is -1.90. The molecule has 0 radical (unpaired) electrons. The quantitative estimate of drug-likeness (QED) is 0.579. The summed E-state index contributed by atoms with van der Waals surface area (Å²) in [6.07, 6.45) is 1.14. The van der Waals surface area contributed by atoms with Gasteiger partial charge in [-0.15, -0.1) is 0 Å². The molecule has 1 aliphatic rings. The van der Waals surface area contributed by atoms with Crippen LogP contribution in [0.1, 0.15) is 12.5 Å². The van der Waals surface area contributed by atoms with Crippen molar-refractivity contribution in [1.29, 1.82) is 0 Å². The largest absolute Gasteiger partial charge is 0.368 e. The molecule has 58 valence electrons. The molecule has 0 aromatic heterocycles. The van der Waals surface area contributed by atoms with Crippen LogP contribution in [0.4, 0.5) is 5.69 Å². The molecule has 1 aromatic rings. The Balaban J connectivity index is 2.19. The fourth-order valence-corrected chi connectivity index (χ4v) is 1.25. The molecule has 0 aliphatic carbocycles. The molecule has 0 bridgehead atoms. The van der Waals surface area contributed by atoms with Gasteiger partial charge in [0.2, 0.25) is 0 Å². The van der Waals surface area contributed by atoms with Crippen molar-refractivity contribution in [2.45, 2.75) is 13.3 Å². The second-order valence-electron chi connectivity index (χ2n) is 3.01. The van der Waals surface area contributed by atoms with Crippen LogP contribution in [0.15, 0.2) is 24.3 Å². The minimum Gasteiger partial charge on any atom is -0.368 e. The summed E-state index contributed by atoms with van der Waals surface area (Å²) >= 11 is 0. The van der Waals surface area contributed by atoms with E-state index in [-0.39, 0.29) is 0 Å². The van der Waals surface area contributed by atoms with Gasteiger partial charge in [-0.05, 0) is 24.1 Å². The predicted molar refractivity (Wildman–Crippen MR) is 48.0 cm³/mol. The number of hydrogen-bond acceptors (Lipinski definition) is 1. The topological polar surface area (TPSA) is 3.01 Å². The van der Waals surface area contributed by atoms with E-state index in [0.717, 1.165) is 6.42 Å². The van der Waals surface area contributed by atoms with Gasteiger partial charge in [0.15, 0.2) is 0 Å². The molecular formula is C10H13N. The van der Waals surface area contributed by atoms with Crippen LogP contribution in [-0.4, -0.2) is 13.1 Å². The summed E-state index contributed by atoms with van der Waals surface area (Å²) in [4.78, 5) is 2.36. The first kappa shape index (κ1) is 6.71. The van der Waals surface area contributed by atoms with Gasteiger partial charge in [0, 0.05) is 18.8 Å². The minimum absolute atomic E-state index is 1.14. The Hall–Kier alpha value is -0.980. The Kier molecular flexibility index (Phi) is 1.57. The maximum Gasteiger partial charge on any atom is 0.0367 e. The maximum atomic E-state index is 2.36. The molecule has 1 fully saturated rings. The molecule has 0 spiro atoms. The standard InChI is InChI=1S/C10H13N/c1-2-9-3-5-10(6-4-9)11-7-8-11/h3-6H,2,7-8H2,1H3. The number of benzene rings is 1. The van der Waals surface area contributed by atoms with E-state index in [0.29, 0.717) is 0 Å². The smallest absolute Gasteiger partial charge is 0.0367 e. The van der Waals surface area contributed by atoms with E-state index in [1.54, 1.807) is 0 Å². The lowest BCUT2D eigenvalue weighted by atomic mass is 10.1. The molecule has 1 saturated heterocycles. The summed E-state index contributed by atoms with van der Waals surface area (Å²) in [7, 11) is 0. The Labute approximate surface area is 67.6 Å². The first-order valence-corrected chi connectivity index (χ1v) is 4.24. The third-order valence-electron chi connectivity index (χ3n) is 2.16. The van der Waals surface area contributed by atoms with Gasteiger partial charge in [0.05, 0.1) is 0 Å². The highest BCUT2D eigenvalue weighted by Gasteiger charge is 2.16. The van der Waals surface area contributed by atoms with Crippen molar-refractivity contribution < 1.29 is 0 Å². The Bertz CT molecular complexity index is 234. The fourth-order valence-electron chi connectivity index (χ4n) is 1.25. The predicted octanol–water partition coefficient (Wildman–Crippen LogP) is 2.07. The average Bonchev–Trinajstić information content (AvgIpc) is 2.87. The summed E-state index contributed by atoms with van der Waals surface area (Å²) in [6, 6.07) is 8.86. The molecule has 0 N–H and O–H groups in total. The molecule has 1 heterocycles. The molecule has 0 atom stereocenters. The zero-order valence-corrected chi connectivity index (χ0v) is 6.88. The van der Waals surface area contributed by atoms with Gasteiger partial charge in [-0.3, -0.25) is 0 Å². The third-order valence-corrected chi connectivity index (χ3v) is 2.16. The van der Waals surface area contributed by atoms with E-state index in [1.165, 1.54) is 24.3 Å². The van der Waals surface area contributed by atoms with Gasteiger partial charge < -0.3 is 4.90 Å². The second-order valence-corrected chi connectivity index (χ2v) is 3.01. The van der Waals surface area contributed by atoms with Crippen LogP contribution in [0.3, 0.4) is 0 Å². The van der Waals surface area contributed by atoms with E-state index >= 15 is 0 Å². The van der Waals surface area contributed by atoms with E-state index < -0.39 is 0 Å². The molecule has 0 unspecified atom stereocenters. The first-order chi connectivity index (χ1) is 5.40. The molecular weight excluding hydrogens is 134 g/mol. The van der Waals surface area contributed by atoms with Crippen LogP contribution >= 0.6 is 0 Å². The minimum atomic E-state index is 1.14. The van der Waals surface area contributed by atoms with E-state index in [1.807, 2.05) is 0 Å². The average molecular weight is 147 g/mol. The van der Waals surface area contributed by atoms with E-state index in [9.17, 15) is 0 Å². The normalized spacial score (nSPS) is 15.2. The van der Waals surface area contributed by atoms with Crippen molar-refractivity contribution in [3.63, 3.8) is 0 Å². The number of rotatable bonds is 2. The van der Waals surface area contributed by atoms with Crippen LogP contribution in [0.25, 0.3) is 0 Å². The van der Waals surface area contributed by atoms with Gasteiger partial charge in [-0.2, -0.15) is 0 Å². The van der Waals surface area contributed by atoms with Crippen molar-refractivity contribution >= 4 is 5.69 Å². The second kappa shape index (κ2) is 2.57. The van der Waals surface area contributed by atoms with Crippen molar-refractivity contribution in [2.24, 2.45) is 0 Å². The highest BCUT2D eigenvalue weighted by molar-refractivity contribution is 5.52. The molecule has 1 aliphatic heterocycles. The maximum absolute atomic E-state index is 2.36. The molecule has 2 rings (SSSR count). The van der Waals surface area contributed by atoms with Crippen molar-refractivity contribution in [3.05, 3.63) is 29.8 Å². The highest BCUT2D eigenvalue weighted by Crippen LogP contribution is 2.20. The number of nitrogens with zero attached hydrogens (tertiary/aromatic N) is 1. The van der Waals surface area contributed by atoms with Gasteiger partial charge in [-0.25, -0.2) is 0 Å². The molecule has 11 heavy (non-hydrogen) atoms. The van der Waals surface area contributed by atoms with Crippen LogP contribution in [-0.2, 0) is 6.42 Å². The van der Waals surface area contributed by atoms with Gasteiger partial charge in [0.25, 0.3) is 0 Å². The van der Waals surface area contributed by atoms with Crippen LogP contribution < -0.4 is 4.90 Å². The van der Waals surface area contributed by atoms with E-state index in [2.05, 4.69) is 36.1 Å². The molecule has 1 nitrogen and oxygen atoms in total. The zero-order valence-electron chi connectivity index (χ0n) is 6.88. The summed E-state index contributed by atoms with van der Waals surface area (Å²) < 4.78 is 0. The SMILES string of the molecule is CCc1ccc(N2CC2)cc1. The highest BCUT2D eigenvalue weighted by atomic mass is 15.3. The number of aryl methyl sites for hydroxylation is 1. The van der Waals surface area contributed by atoms with E-state index in [4.69, 9.17) is 0 Å². The van der Waals surface area contributed by atoms with Crippen LogP contribution in [0, 0.1) is 0 Å². The van der Waals surface area contributed by atoms with Gasteiger partial charge in [-0.1, -0.05) is 19.1 Å². The van der Waals surface area contributed by atoms with Gasteiger partial charge in [0.1, 0.15) is 0 Å². The lowest BCUT2D eigenvalue weighted by Gasteiger charge is -2.02. The number of anilines is 1. The lowest BCUT2D eigenvalue weighted by molar-refractivity contribution is 1.14. The number of hydrogen-bond donors (Lipinski definition) is 0. The van der Waals surface area contributed by atoms with Crippen LogP contribution in [0.5, 0.6) is 0 Å².